The number of nitrogens with zero attached hydrogens (tertiary/aromatic N) is 2. The van der Waals surface area contributed by atoms with E-state index in [0.717, 1.165) is 44.7 Å². The van der Waals surface area contributed by atoms with Crippen molar-refractivity contribution in [1.29, 1.82) is 0 Å². The highest BCUT2D eigenvalue weighted by Crippen LogP contribution is 2.55. The molecule has 3 saturated heterocycles. The maximum absolute atomic E-state index is 11.9. The van der Waals surface area contributed by atoms with E-state index in [1.165, 1.54) is 24.1 Å². The lowest BCUT2D eigenvalue weighted by atomic mass is 9.73. The van der Waals surface area contributed by atoms with E-state index in [4.69, 9.17) is 9.72 Å². The van der Waals surface area contributed by atoms with Gasteiger partial charge < -0.3 is 15.0 Å². The van der Waals surface area contributed by atoms with Crippen molar-refractivity contribution in [2.75, 3.05) is 36.5 Å². The Morgan fingerprint density at radius 1 is 1.46 bits per heavy atom. The van der Waals surface area contributed by atoms with Crippen LogP contribution in [0.5, 0.6) is 0 Å². The van der Waals surface area contributed by atoms with Gasteiger partial charge in [0, 0.05) is 37.2 Å². The fraction of sp³-hybridized carbons (Fsp3) is 0.700. The van der Waals surface area contributed by atoms with Gasteiger partial charge in [0.2, 0.25) is 5.91 Å². The minimum absolute atomic E-state index is 0.0136. The minimum atomic E-state index is -0.0136. The van der Waals surface area contributed by atoms with Gasteiger partial charge in [-0.25, -0.2) is 4.98 Å². The van der Waals surface area contributed by atoms with Gasteiger partial charge in [-0.3, -0.25) is 4.79 Å². The van der Waals surface area contributed by atoms with Gasteiger partial charge in [-0.15, -0.1) is 0 Å². The molecule has 1 aromatic heterocycles. The average molecular weight is 374 g/mol. The molecule has 4 aliphatic rings. The van der Waals surface area contributed by atoms with Crippen molar-refractivity contribution in [2.45, 2.75) is 43.8 Å². The Morgan fingerprint density at radius 3 is 3.27 bits per heavy atom. The van der Waals surface area contributed by atoms with Gasteiger partial charge in [0.25, 0.3) is 0 Å². The Hall–Kier alpha value is -1.27. The van der Waals surface area contributed by atoms with Crippen LogP contribution in [0.25, 0.3) is 0 Å². The molecule has 0 aromatic carbocycles. The van der Waals surface area contributed by atoms with E-state index in [-0.39, 0.29) is 11.5 Å². The van der Waals surface area contributed by atoms with Gasteiger partial charge >= 0.3 is 0 Å². The molecule has 1 aliphatic carbocycles. The summed E-state index contributed by atoms with van der Waals surface area (Å²) in [6.45, 7) is 2.71. The molecule has 1 spiro atoms. The molecule has 1 aromatic rings. The van der Waals surface area contributed by atoms with Crippen LogP contribution in [0.2, 0.25) is 0 Å². The standard InChI is InChI=1S/C20H27N3O2S/c1-26-11-19(24)21-9-14-15-10-23(12-20(15)8-7-17(14)25-20)18-6-5-13-3-2-4-16(13)22-18/h5-6,14-15,17H,2-4,7-12H2,1H3,(H,21,24)/t14-,15+,17+,20+/m0/s1. The predicted octanol–water partition coefficient (Wildman–Crippen LogP) is 2.03. The van der Waals surface area contributed by atoms with Gasteiger partial charge in [-0.1, -0.05) is 6.07 Å². The lowest BCUT2D eigenvalue weighted by Crippen LogP contribution is -2.42. The molecule has 0 saturated carbocycles. The van der Waals surface area contributed by atoms with E-state index in [1.807, 2.05) is 6.26 Å². The molecule has 4 heterocycles. The second-order valence-electron chi connectivity index (χ2n) is 8.28. The van der Waals surface area contributed by atoms with Gasteiger partial charge in [0.1, 0.15) is 5.82 Å². The van der Waals surface area contributed by atoms with Crippen LogP contribution in [0, 0.1) is 11.8 Å². The largest absolute Gasteiger partial charge is 0.369 e. The fourth-order valence-corrected chi connectivity index (χ4v) is 6.00. The topological polar surface area (TPSA) is 54.5 Å². The number of fused-ring (bicyclic) bond motifs is 2. The number of aryl methyl sites for hydroxylation is 2. The first-order valence-electron chi connectivity index (χ1n) is 9.86. The van der Waals surface area contributed by atoms with Crippen molar-refractivity contribution >= 4 is 23.5 Å². The number of thioether (sulfide) groups is 1. The summed E-state index contributed by atoms with van der Waals surface area (Å²) >= 11 is 1.57. The summed E-state index contributed by atoms with van der Waals surface area (Å²) in [6.07, 6.45) is 8.11. The number of pyridine rings is 1. The zero-order valence-corrected chi connectivity index (χ0v) is 16.2. The molecule has 5 rings (SSSR count). The van der Waals surface area contributed by atoms with E-state index in [1.54, 1.807) is 11.8 Å². The number of nitrogens with one attached hydrogen (secondary N) is 1. The smallest absolute Gasteiger partial charge is 0.229 e. The quantitative estimate of drug-likeness (QED) is 0.856. The lowest BCUT2D eigenvalue weighted by molar-refractivity contribution is -0.118. The Balaban J connectivity index is 1.32. The Labute approximate surface area is 159 Å². The summed E-state index contributed by atoms with van der Waals surface area (Å²) in [4.78, 5) is 19.3. The molecule has 3 aliphatic heterocycles. The first kappa shape index (κ1) is 16.9. The van der Waals surface area contributed by atoms with Crippen molar-refractivity contribution in [3.8, 4) is 0 Å². The number of hydrogen-bond acceptors (Lipinski definition) is 5. The number of ether oxygens (including phenoxy) is 1. The number of carbonyl (C=O) groups excluding carboxylic acids is 1. The second-order valence-corrected chi connectivity index (χ2v) is 9.14. The van der Waals surface area contributed by atoms with Crippen molar-refractivity contribution < 1.29 is 9.53 Å². The molecule has 4 atom stereocenters. The summed E-state index contributed by atoms with van der Waals surface area (Å²) in [5.41, 5.74) is 2.71. The summed E-state index contributed by atoms with van der Waals surface area (Å²) < 4.78 is 6.51. The highest BCUT2D eigenvalue weighted by Gasteiger charge is 2.63. The molecule has 1 N–H and O–H groups in total. The third-order valence-electron chi connectivity index (χ3n) is 6.83. The second kappa shape index (κ2) is 6.41. The number of anilines is 1. The van der Waals surface area contributed by atoms with Crippen LogP contribution in [0.4, 0.5) is 5.82 Å². The number of hydrogen-bond donors (Lipinski definition) is 1. The predicted molar refractivity (Wildman–Crippen MR) is 104 cm³/mol. The van der Waals surface area contributed by atoms with E-state index in [2.05, 4.69) is 22.3 Å². The first-order valence-corrected chi connectivity index (χ1v) is 11.3. The highest BCUT2D eigenvalue weighted by atomic mass is 32.2. The highest BCUT2D eigenvalue weighted by molar-refractivity contribution is 7.99. The first-order chi connectivity index (χ1) is 12.7. The van der Waals surface area contributed by atoms with Crippen LogP contribution in [0.1, 0.15) is 30.5 Å². The third-order valence-corrected chi connectivity index (χ3v) is 7.38. The zero-order valence-electron chi connectivity index (χ0n) is 15.4. The van der Waals surface area contributed by atoms with Gasteiger partial charge in [0.15, 0.2) is 0 Å². The van der Waals surface area contributed by atoms with E-state index >= 15 is 0 Å². The van der Waals surface area contributed by atoms with Crippen LogP contribution in [-0.2, 0) is 22.4 Å². The van der Waals surface area contributed by atoms with Gasteiger partial charge in [-0.2, -0.15) is 11.8 Å². The SMILES string of the molecule is CSCC(=O)NC[C@H]1[C@H]2CN(c3ccc4c(n3)CCC4)C[C@]23CC[C@H]1O3. The summed E-state index contributed by atoms with van der Waals surface area (Å²) in [7, 11) is 0. The maximum Gasteiger partial charge on any atom is 0.229 e. The number of rotatable bonds is 5. The van der Waals surface area contributed by atoms with Crippen LogP contribution in [0.15, 0.2) is 12.1 Å². The summed E-state index contributed by atoms with van der Waals surface area (Å²) in [6, 6.07) is 4.47. The van der Waals surface area contributed by atoms with Crippen LogP contribution in [0.3, 0.4) is 0 Å². The Bertz CT molecular complexity index is 727. The molecule has 0 radical (unpaired) electrons. The Kier molecular flexibility index (Phi) is 4.16. The molecular formula is C20H27N3O2S. The molecule has 6 heteroatoms. The van der Waals surface area contributed by atoms with Crippen molar-refractivity contribution in [3.05, 3.63) is 23.4 Å². The molecular weight excluding hydrogens is 346 g/mol. The normalized spacial score (nSPS) is 34.2. The number of carbonyl (C=O) groups is 1. The zero-order chi connectivity index (χ0) is 17.7. The lowest BCUT2D eigenvalue weighted by Gasteiger charge is -2.29. The number of amides is 1. The van der Waals surface area contributed by atoms with Gasteiger partial charge in [-0.05, 0) is 50.0 Å². The molecule has 3 fully saturated rings. The molecule has 5 nitrogen and oxygen atoms in total. The van der Waals surface area contributed by atoms with Crippen molar-refractivity contribution in [2.24, 2.45) is 11.8 Å². The number of aromatic nitrogens is 1. The molecule has 0 unspecified atom stereocenters. The maximum atomic E-state index is 11.9. The van der Waals surface area contributed by atoms with E-state index in [0.29, 0.717) is 23.7 Å². The van der Waals surface area contributed by atoms with E-state index in [9.17, 15) is 4.79 Å². The van der Waals surface area contributed by atoms with Crippen LogP contribution < -0.4 is 10.2 Å². The van der Waals surface area contributed by atoms with Crippen molar-refractivity contribution in [1.82, 2.24) is 10.3 Å². The van der Waals surface area contributed by atoms with Crippen LogP contribution >= 0.6 is 11.8 Å². The molecule has 2 bridgehead atoms. The van der Waals surface area contributed by atoms with Crippen molar-refractivity contribution in [3.63, 3.8) is 0 Å². The third kappa shape index (κ3) is 2.64. The van der Waals surface area contributed by atoms with E-state index < -0.39 is 0 Å². The average Bonchev–Trinajstić information content (AvgIpc) is 3.38. The summed E-state index contributed by atoms with van der Waals surface area (Å²) in [5.74, 6) is 2.75. The Morgan fingerprint density at radius 2 is 2.38 bits per heavy atom. The molecule has 1 amide bonds. The molecule has 26 heavy (non-hydrogen) atoms. The molecule has 140 valence electrons. The monoisotopic (exact) mass is 373 g/mol. The summed E-state index contributed by atoms with van der Waals surface area (Å²) in [5, 5.41) is 3.13. The minimum Gasteiger partial charge on any atom is -0.369 e. The fourth-order valence-electron chi connectivity index (χ4n) is 5.64. The van der Waals surface area contributed by atoms with Gasteiger partial charge in [0.05, 0.1) is 17.5 Å². The van der Waals surface area contributed by atoms with Crippen LogP contribution in [-0.4, -0.2) is 54.2 Å².